The number of hydrogen-bond donors (Lipinski definition) is 1. The Morgan fingerprint density at radius 1 is 1.18 bits per heavy atom. The van der Waals surface area contributed by atoms with E-state index in [9.17, 15) is 0 Å². The van der Waals surface area contributed by atoms with E-state index in [-0.39, 0.29) is 0 Å². The molecule has 1 aromatic heterocycles. The summed E-state index contributed by atoms with van der Waals surface area (Å²) in [6.07, 6.45) is 8.03. The van der Waals surface area contributed by atoms with E-state index in [1.807, 2.05) is 12.4 Å². The summed E-state index contributed by atoms with van der Waals surface area (Å²) in [6.45, 7) is 2.23. The zero-order valence-electron chi connectivity index (χ0n) is 10.2. The third-order valence-electron chi connectivity index (χ3n) is 4.03. The molecule has 2 aromatic rings. The Kier molecular flexibility index (Phi) is 2.71. The van der Waals surface area contributed by atoms with Crippen molar-refractivity contribution in [2.24, 2.45) is 0 Å². The van der Waals surface area contributed by atoms with Crippen molar-refractivity contribution in [1.29, 1.82) is 0 Å². The van der Waals surface area contributed by atoms with Crippen molar-refractivity contribution in [3.8, 4) is 0 Å². The Hall–Kier alpha value is -1.57. The highest BCUT2D eigenvalue weighted by atomic mass is 15.1. The molecule has 1 atom stereocenters. The maximum atomic E-state index is 4.01. The smallest absolute Gasteiger partial charge is 0.0525 e. The van der Waals surface area contributed by atoms with Crippen LogP contribution in [0.4, 0.5) is 0 Å². The molecule has 1 N–H and O–H groups in total. The van der Waals surface area contributed by atoms with Crippen molar-refractivity contribution in [3.63, 3.8) is 0 Å². The minimum atomic E-state index is 0.421. The van der Waals surface area contributed by atoms with E-state index < -0.39 is 0 Å². The van der Waals surface area contributed by atoms with Gasteiger partial charge in [-0.05, 0) is 35.4 Å². The largest absolute Gasteiger partial charge is 0.285 e. The second kappa shape index (κ2) is 4.36. The molecule has 0 spiro atoms. The lowest BCUT2D eigenvalue weighted by Gasteiger charge is -2.26. The first-order chi connectivity index (χ1) is 8.34. The third kappa shape index (κ3) is 1.99. The number of nitrogens with one attached hydrogen (secondary N) is 1. The third-order valence-corrected chi connectivity index (χ3v) is 4.03. The van der Waals surface area contributed by atoms with Gasteiger partial charge in [-0.15, -0.1) is 0 Å². The number of nitrogens with zero attached hydrogens (tertiary/aromatic N) is 1. The van der Waals surface area contributed by atoms with Gasteiger partial charge >= 0.3 is 0 Å². The molecular formula is C15H18N2. The fourth-order valence-electron chi connectivity index (χ4n) is 2.49. The van der Waals surface area contributed by atoms with Crippen LogP contribution < -0.4 is 0 Å². The van der Waals surface area contributed by atoms with Crippen LogP contribution in [0.2, 0.25) is 0 Å². The maximum Gasteiger partial charge on any atom is 0.0525 e. The number of H-pyrrole nitrogens is 1. The van der Waals surface area contributed by atoms with Crippen molar-refractivity contribution in [1.82, 2.24) is 10.2 Å². The van der Waals surface area contributed by atoms with Gasteiger partial charge in [-0.25, -0.2) is 0 Å². The summed E-state index contributed by atoms with van der Waals surface area (Å²) in [5, 5.41) is 6.89. The number of hydrogen-bond acceptors (Lipinski definition) is 1. The molecule has 17 heavy (non-hydrogen) atoms. The molecule has 1 saturated carbocycles. The van der Waals surface area contributed by atoms with Gasteiger partial charge in [-0.2, -0.15) is 5.10 Å². The Morgan fingerprint density at radius 2 is 1.94 bits per heavy atom. The van der Waals surface area contributed by atoms with Gasteiger partial charge in [0.25, 0.3) is 0 Å². The SMILES string of the molecule is CC(c1ccc(C2CCC2)cc1)c1cn[nH]c1. The van der Waals surface area contributed by atoms with Crippen molar-refractivity contribution >= 4 is 0 Å². The summed E-state index contributed by atoms with van der Waals surface area (Å²) in [7, 11) is 0. The molecule has 1 aromatic carbocycles. The number of benzene rings is 1. The maximum absolute atomic E-state index is 4.01. The van der Waals surface area contributed by atoms with E-state index in [4.69, 9.17) is 0 Å². The number of aromatic nitrogens is 2. The first-order valence-corrected chi connectivity index (χ1v) is 6.43. The summed E-state index contributed by atoms with van der Waals surface area (Å²) >= 11 is 0. The Labute approximate surface area is 102 Å². The van der Waals surface area contributed by atoms with E-state index in [1.54, 1.807) is 0 Å². The average molecular weight is 226 g/mol. The summed E-state index contributed by atoms with van der Waals surface area (Å²) in [6, 6.07) is 9.14. The molecule has 1 fully saturated rings. The zero-order chi connectivity index (χ0) is 11.7. The van der Waals surface area contributed by atoms with Crippen molar-refractivity contribution < 1.29 is 0 Å². The molecule has 0 amide bonds. The standard InChI is InChI=1S/C15H18N2/c1-11(15-9-16-17-10-15)12-5-7-14(8-6-12)13-3-2-4-13/h5-11,13H,2-4H2,1H3,(H,16,17). The van der Waals surface area contributed by atoms with Gasteiger partial charge in [-0.1, -0.05) is 37.6 Å². The fourth-order valence-corrected chi connectivity index (χ4v) is 2.49. The molecule has 1 heterocycles. The van der Waals surface area contributed by atoms with E-state index >= 15 is 0 Å². The zero-order valence-corrected chi connectivity index (χ0v) is 10.2. The van der Waals surface area contributed by atoms with E-state index in [0.717, 1.165) is 5.92 Å². The molecule has 0 bridgehead atoms. The van der Waals surface area contributed by atoms with Crippen molar-refractivity contribution in [2.75, 3.05) is 0 Å². The van der Waals surface area contributed by atoms with Crippen LogP contribution in [0.15, 0.2) is 36.7 Å². The van der Waals surface area contributed by atoms with Crippen LogP contribution in [0.5, 0.6) is 0 Å². The lowest BCUT2D eigenvalue weighted by atomic mass is 9.79. The van der Waals surface area contributed by atoms with Gasteiger partial charge in [0.2, 0.25) is 0 Å². The second-order valence-electron chi connectivity index (χ2n) is 5.05. The van der Waals surface area contributed by atoms with Crippen LogP contribution >= 0.6 is 0 Å². The molecule has 1 unspecified atom stereocenters. The van der Waals surface area contributed by atoms with Crippen LogP contribution in [0, 0.1) is 0 Å². The van der Waals surface area contributed by atoms with Crippen LogP contribution in [0.25, 0.3) is 0 Å². The number of rotatable bonds is 3. The highest BCUT2D eigenvalue weighted by Crippen LogP contribution is 2.36. The van der Waals surface area contributed by atoms with Crippen LogP contribution in [-0.4, -0.2) is 10.2 Å². The van der Waals surface area contributed by atoms with Gasteiger partial charge < -0.3 is 0 Å². The second-order valence-corrected chi connectivity index (χ2v) is 5.05. The lowest BCUT2D eigenvalue weighted by molar-refractivity contribution is 0.419. The summed E-state index contributed by atoms with van der Waals surface area (Å²) in [5.74, 6) is 1.25. The molecule has 0 aliphatic heterocycles. The predicted molar refractivity (Wildman–Crippen MR) is 69.1 cm³/mol. The Morgan fingerprint density at radius 3 is 2.47 bits per heavy atom. The minimum absolute atomic E-state index is 0.421. The van der Waals surface area contributed by atoms with E-state index in [1.165, 1.54) is 36.0 Å². The van der Waals surface area contributed by atoms with Gasteiger partial charge in [0.1, 0.15) is 0 Å². The molecule has 3 rings (SSSR count). The molecule has 0 saturated heterocycles. The Bertz CT molecular complexity index is 466. The average Bonchev–Trinajstić information content (AvgIpc) is 2.80. The quantitative estimate of drug-likeness (QED) is 0.846. The molecule has 2 nitrogen and oxygen atoms in total. The first kappa shape index (κ1) is 10.6. The van der Waals surface area contributed by atoms with Crippen LogP contribution in [0.3, 0.4) is 0 Å². The molecule has 1 aliphatic carbocycles. The molecule has 1 aliphatic rings. The highest BCUT2D eigenvalue weighted by molar-refractivity contribution is 5.33. The predicted octanol–water partition coefficient (Wildman–Crippen LogP) is 3.83. The Balaban J connectivity index is 1.79. The van der Waals surface area contributed by atoms with Gasteiger partial charge in [0.15, 0.2) is 0 Å². The van der Waals surface area contributed by atoms with Gasteiger partial charge in [0.05, 0.1) is 6.20 Å². The monoisotopic (exact) mass is 226 g/mol. The first-order valence-electron chi connectivity index (χ1n) is 6.43. The minimum Gasteiger partial charge on any atom is -0.285 e. The molecule has 0 radical (unpaired) electrons. The van der Waals surface area contributed by atoms with Crippen molar-refractivity contribution in [3.05, 3.63) is 53.3 Å². The lowest BCUT2D eigenvalue weighted by Crippen LogP contribution is -2.08. The van der Waals surface area contributed by atoms with E-state index in [0.29, 0.717) is 5.92 Å². The summed E-state index contributed by atoms with van der Waals surface area (Å²) < 4.78 is 0. The van der Waals surface area contributed by atoms with Crippen LogP contribution in [-0.2, 0) is 0 Å². The van der Waals surface area contributed by atoms with E-state index in [2.05, 4.69) is 41.4 Å². The number of aromatic amines is 1. The molecule has 88 valence electrons. The fraction of sp³-hybridized carbons (Fsp3) is 0.400. The van der Waals surface area contributed by atoms with Gasteiger partial charge in [0, 0.05) is 12.1 Å². The van der Waals surface area contributed by atoms with Crippen LogP contribution in [0.1, 0.15) is 54.7 Å². The summed E-state index contributed by atoms with van der Waals surface area (Å²) in [4.78, 5) is 0. The van der Waals surface area contributed by atoms with Gasteiger partial charge in [-0.3, -0.25) is 5.10 Å². The molecule has 2 heteroatoms. The summed E-state index contributed by atoms with van der Waals surface area (Å²) in [5.41, 5.74) is 4.13. The normalized spacial score (nSPS) is 17.7. The topological polar surface area (TPSA) is 28.7 Å². The molecular weight excluding hydrogens is 208 g/mol. The van der Waals surface area contributed by atoms with Crippen molar-refractivity contribution in [2.45, 2.75) is 38.0 Å². The highest BCUT2D eigenvalue weighted by Gasteiger charge is 2.19.